The van der Waals surface area contributed by atoms with Gasteiger partial charge in [0.2, 0.25) is 0 Å². The number of nitrogens with zero attached hydrogens (tertiary/aromatic N) is 3. The van der Waals surface area contributed by atoms with Crippen molar-refractivity contribution in [3.8, 4) is 0 Å². The number of furan rings is 1. The third kappa shape index (κ3) is 3.77. The van der Waals surface area contributed by atoms with Crippen LogP contribution in [0.15, 0.2) is 53.1 Å². The minimum Gasteiger partial charge on any atom is -0.467 e. The maximum atomic E-state index is 13.8. The SMILES string of the molecule is CN(Cc1ccccc1)C(=O)c1nn2c(c1Cl)N[C@H](c1ccco1)C[C@H]2C(F)(F)F. The van der Waals surface area contributed by atoms with Crippen LogP contribution in [-0.2, 0) is 6.54 Å². The molecule has 30 heavy (non-hydrogen) atoms. The first-order valence-electron chi connectivity index (χ1n) is 9.19. The number of benzene rings is 1. The molecule has 1 aliphatic rings. The van der Waals surface area contributed by atoms with Crippen LogP contribution < -0.4 is 5.32 Å². The number of nitrogens with one attached hydrogen (secondary N) is 1. The van der Waals surface area contributed by atoms with Crippen LogP contribution in [-0.4, -0.2) is 33.8 Å². The van der Waals surface area contributed by atoms with E-state index >= 15 is 0 Å². The Bertz CT molecular complexity index is 1030. The van der Waals surface area contributed by atoms with Gasteiger partial charge < -0.3 is 14.6 Å². The number of anilines is 1. The first-order valence-corrected chi connectivity index (χ1v) is 9.57. The predicted octanol–water partition coefficient (Wildman–Crippen LogP) is 5.06. The Balaban J connectivity index is 1.67. The van der Waals surface area contributed by atoms with Gasteiger partial charge in [0, 0.05) is 20.0 Å². The summed E-state index contributed by atoms with van der Waals surface area (Å²) in [4.78, 5) is 14.3. The van der Waals surface area contributed by atoms with E-state index in [1.54, 1.807) is 19.2 Å². The number of amides is 1. The molecule has 1 aromatic carbocycles. The molecule has 3 heterocycles. The molecule has 158 valence electrons. The van der Waals surface area contributed by atoms with Crippen LogP contribution in [0.2, 0.25) is 5.02 Å². The highest BCUT2D eigenvalue weighted by Gasteiger charge is 2.48. The number of hydrogen-bond donors (Lipinski definition) is 1. The van der Waals surface area contributed by atoms with Gasteiger partial charge in [-0.1, -0.05) is 41.9 Å². The average molecular weight is 439 g/mol. The molecule has 0 radical (unpaired) electrons. The number of aromatic nitrogens is 2. The second kappa shape index (κ2) is 7.71. The van der Waals surface area contributed by atoms with Gasteiger partial charge in [-0.05, 0) is 17.7 Å². The molecule has 0 spiro atoms. The monoisotopic (exact) mass is 438 g/mol. The summed E-state index contributed by atoms with van der Waals surface area (Å²) in [6, 6.07) is 9.71. The molecule has 10 heteroatoms. The summed E-state index contributed by atoms with van der Waals surface area (Å²) in [7, 11) is 1.55. The molecular formula is C20H18ClF3N4O2. The van der Waals surface area contributed by atoms with E-state index in [9.17, 15) is 18.0 Å². The van der Waals surface area contributed by atoms with Crippen molar-refractivity contribution in [1.82, 2.24) is 14.7 Å². The van der Waals surface area contributed by atoms with Crippen LogP contribution in [0.3, 0.4) is 0 Å². The molecule has 0 fully saturated rings. The smallest absolute Gasteiger partial charge is 0.410 e. The van der Waals surface area contributed by atoms with Crippen LogP contribution >= 0.6 is 11.6 Å². The number of hydrogen-bond acceptors (Lipinski definition) is 4. The highest BCUT2D eigenvalue weighted by Crippen LogP contribution is 2.46. The highest BCUT2D eigenvalue weighted by molar-refractivity contribution is 6.36. The Labute approximate surface area is 175 Å². The average Bonchev–Trinajstić information content (AvgIpc) is 3.35. The lowest BCUT2D eigenvalue weighted by Gasteiger charge is -2.32. The lowest BCUT2D eigenvalue weighted by atomic mass is 10.0. The van der Waals surface area contributed by atoms with Gasteiger partial charge in [-0.2, -0.15) is 18.3 Å². The topological polar surface area (TPSA) is 63.3 Å². The molecule has 2 aromatic heterocycles. The molecule has 2 atom stereocenters. The van der Waals surface area contributed by atoms with Crippen molar-refractivity contribution >= 4 is 23.3 Å². The Morgan fingerprint density at radius 1 is 1.30 bits per heavy atom. The highest BCUT2D eigenvalue weighted by atomic mass is 35.5. The number of fused-ring (bicyclic) bond motifs is 1. The molecule has 0 saturated carbocycles. The number of alkyl halides is 3. The van der Waals surface area contributed by atoms with Crippen LogP contribution in [0, 0.1) is 0 Å². The second-order valence-corrected chi connectivity index (χ2v) is 7.49. The predicted molar refractivity (Wildman–Crippen MR) is 104 cm³/mol. The fourth-order valence-corrected chi connectivity index (χ4v) is 3.77. The van der Waals surface area contributed by atoms with Crippen molar-refractivity contribution in [3.63, 3.8) is 0 Å². The largest absolute Gasteiger partial charge is 0.467 e. The molecule has 0 unspecified atom stereocenters. The fourth-order valence-electron chi connectivity index (χ4n) is 3.51. The molecule has 4 rings (SSSR count). The lowest BCUT2D eigenvalue weighted by Crippen LogP contribution is -2.35. The van der Waals surface area contributed by atoms with E-state index in [4.69, 9.17) is 16.0 Å². The Morgan fingerprint density at radius 3 is 2.67 bits per heavy atom. The molecule has 1 aliphatic heterocycles. The van der Waals surface area contributed by atoms with Crippen LogP contribution in [0.25, 0.3) is 0 Å². The van der Waals surface area contributed by atoms with Gasteiger partial charge in [0.05, 0.1) is 12.3 Å². The second-order valence-electron chi connectivity index (χ2n) is 7.11. The summed E-state index contributed by atoms with van der Waals surface area (Å²) in [6.07, 6.45) is -3.52. The maximum Gasteiger partial charge on any atom is 0.410 e. The molecule has 6 nitrogen and oxygen atoms in total. The van der Waals surface area contributed by atoms with E-state index in [2.05, 4.69) is 10.4 Å². The van der Waals surface area contributed by atoms with Crippen molar-refractivity contribution in [2.75, 3.05) is 12.4 Å². The standard InChI is InChI=1S/C20H18ClF3N4O2/c1-27(11-12-6-3-2-4-7-12)19(29)17-16(21)18-25-13(14-8-5-9-30-14)10-15(20(22,23)24)28(18)26-17/h2-9,13,15,25H,10-11H2,1H3/t13-,15-/m0/s1. The van der Waals surface area contributed by atoms with Gasteiger partial charge in [0.25, 0.3) is 5.91 Å². The van der Waals surface area contributed by atoms with Crippen molar-refractivity contribution in [2.24, 2.45) is 0 Å². The number of carbonyl (C=O) groups excluding carboxylic acids is 1. The van der Waals surface area contributed by atoms with E-state index in [0.717, 1.165) is 10.2 Å². The lowest BCUT2D eigenvalue weighted by molar-refractivity contribution is -0.174. The van der Waals surface area contributed by atoms with Crippen molar-refractivity contribution in [2.45, 2.75) is 31.2 Å². The molecule has 0 saturated heterocycles. The summed E-state index contributed by atoms with van der Waals surface area (Å²) >= 11 is 6.34. The third-order valence-corrected chi connectivity index (χ3v) is 5.35. The Kier molecular flexibility index (Phi) is 5.23. The van der Waals surface area contributed by atoms with E-state index in [0.29, 0.717) is 5.76 Å². The zero-order valence-electron chi connectivity index (χ0n) is 15.9. The van der Waals surface area contributed by atoms with Crippen molar-refractivity contribution < 1.29 is 22.4 Å². The van der Waals surface area contributed by atoms with Gasteiger partial charge in [0.1, 0.15) is 16.6 Å². The van der Waals surface area contributed by atoms with Crippen molar-refractivity contribution in [3.05, 3.63) is 70.8 Å². The van der Waals surface area contributed by atoms with Crippen molar-refractivity contribution in [1.29, 1.82) is 0 Å². The zero-order chi connectivity index (χ0) is 21.5. The Morgan fingerprint density at radius 2 is 2.03 bits per heavy atom. The zero-order valence-corrected chi connectivity index (χ0v) is 16.6. The summed E-state index contributed by atoms with van der Waals surface area (Å²) in [5.74, 6) is -0.270. The van der Waals surface area contributed by atoms with Gasteiger partial charge in [0.15, 0.2) is 11.7 Å². The first-order chi connectivity index (χ1) is 14.3. The van der Waals surface area contributed by atoms with Gasteiger partial charge in [-0.15, -0.1) is 0 Å². The van der Waals surface area contributed by atoms with Gasteiger partial charge in [-0.3, -0.25) is 4.79 Å². The van der Waals surface area contributed by atoms with E-state index < -0.39 is 24.2 Å². The molecule has 0 aliphatic carbocycles. The normalized spacial score (nSPS) is 18.6. The van der Waals surface area contributed by atoms with E-state index in [1.807, 2.05) is 30.3 Å². The third-order valence-electron chi connectivity index (χ3n) is 4.99. The molecule has 1 amide bonds. The quantitative estimate of drug-likeness (QED) is 0.618. The number of carbonyl (C=O) groups is 1. The minimum absolute atomic E-state index is 0.0527. The summed E-state index contributed by atoms with van der Waals surface area (Å²) in [5, 5.41) is 6.75. The van der Waals surface area contributed by atoms with Crippen LogP contribution in [0.1, 0.15) is 40.3 Å². The first kappa shape index (κ1) is 20.3. The summed E-state index contributed by atoms with van der Waals surface area (Å²) < 4.78 is 47.3. The van der Waals surface area contributed by atoms with E-state index in [1.165, 1.54) is 11.2 Å². The number of halogens is 4. The molecule has 1 N–H and O–H groups in total. The van der Waals surface area contributed by atoms with Gasteiger partial charge >= 0.3 is 6.18 Å². The number of rotatable bonds is 4. The Hall–Kier alpha value is -2.94. The van der Waals surface area contributed by atoms with Crippen LogP contribution in [0.5, 0.6) is 0 Å². The van der Waals surface area contributed by atoms with E-state index in [-0.39, 0.29) is 29.5 Å². The molecule has 3 aromatic rings. The summed E-state index contributed by atoms with van der Waals surface area (Å²) in [5.41, 5.74) is 0.643. The van der Waals surface area contributed by atoms with Gasteiger partial charge in [-0.25, -0.2) is 4.68 Å². The summed E-state index contributed by atoms with van der Waals surface area (Å²) in [6.45, 7) is 0.267. The van der Waals surface area contributed by atoms with Crippen LogP contribution in [0.4, 0.5) is 19.0 Å². The molecule has 0 bridgehead atoms. The fraction of sp³-hybridized carbons (Fsp3) is 0.300. The molecular weight excluding hydrogens is 421 g/mol. The maximum absolute atomic E-state index is 13.8. The minimum atomic E-state index is -4.58.